The molecule has 3 aromatic carbocycles. The van der Waals surface area contributed by atoms with Gasteiger partial charge in [0.15, 0.2) is 0 Å². The van der Waals surface area contributed by atoms with E-state index in [4.69, 9.17) is 4.74 Å². The molecule has 1 aromatic heterocycles. The van der Waals surface area contributed by atoms with Gasteiger partial charge in [-0.15, -0.1) is 0 Å². The van der Waals surface area contributed by atoms with E-state index in [0.29, 0.717) is 0 Å². The Bertz CT molecular complexity index is 1160. The van der Waals surface area contributed by atoms with Gasteiger partial charge in [-0.25, -0.2) is 0 Å². The summed E-state index contributed by atoms with van der Waals surface area (Å²) >= 11 is 0. The molecule has 0 aliphatic carbocycles. The van der Waals surface area contributed by atoms with Gasteiger partial charge in [0.05, 0.1) is 5.69 Å². The summed E-state index contributed by atoms with van der Waals surface area (Å²) in [5, 5.41) is 0. The number of hydrogen-bond donors (Lipinski definition) is 0. The highest BCUT2D eigenvalue weighted by Crippen LogP contribution is 2.48. The van der Waals surface area contributed by atoms with Crippen LogP contribution in [0, 0.1) is 13.8 Å². The summed E-state index contributed by atoms with van der Waals surface area (Å²) in [5.74, 6) is 1.77. The normalized spacial score (nSPS) is 11.6. The van der Waals surface area contributed by atoms with E-state index in [1.54, 1.807) is 0 Å². The molecular formula is C25H19NO. The third-order valence-electron chi connectivity index (χ3n) is 5.13. The number of pyridine rings is 1. The van der Waals surface area contributed by atoms with Crippen molar-refractivity contribution in [3.05, 3.63) is 90.1 Å². The maximum atomic E-state index is 6.33. The van der Waals surface area contributed by atoms with Crippen LogP contribution in [-0.2, 0) is 0 Å². The molecule has 0 saturated heterocycles. The Morgan fingerprint density at radius 3 is 2.37 bits per heavy atom. The zero-order valence-electron chi connectivity index (χ0n) is 15.4. The lowest BCUT2D eigenvalue weighted by molar-refractivity contribution is 0.488. The molecule has 0 unspecified atom stereocenters. The monoisotopic (exact) mass is 349 g/mol. The van der Waals surface area contributed by atoms with Crippen LogP contribution in [0.4, 0.5) is 0 Å². The van der Waals surface area contributed by atoms with E-state index in [9.17, 15) is 0 Å². The van der Waals surface area contributed by atoms with Gasteiger partial charge in [-0.3, -0.25) is 4.98 Å². The minimum absolute atomic E-state index is 0.881. The highest BCUT2D eigenvalue weighted by molar-refractivity contribution is 5.93. The molecule has 4 aromatic rings. The van der Waals surface area contributed by atoms with E-state index in [0.717, 1.165) is 39.4 Å². The van der Waals surface area contributed by atoms with Crippen molar-refractivity contribution in [2.45, 2.75) is 13.8 Å². The molecule has 1 aliphatic rings. The lowest BCUT2D eigenvalue weighted by Crippen LogP contribution is -1.90. The van der Waals surface area contributed by atoms with Crippen molar-refractivity contribution in [1.29, 1.82) is 0 Å². The SMILES string of the molecule is Cc1ccc(-c2ccc3c(c2)-c2c(C)cccc2-c2ccccc2O3)nc1. The summed E-state index contributed by atoms with van der Waals surface area (Å²) in [4.78, 5) is 4.60. The Balaban J connectivity index is 1.79. The molecule has 130 valence electrons. The Labute approximate surface area is 159 Å². The number of rotatable bonds is 1. The van der Waals surface area contributed by atoms with Crippen LogP contribution in [0.5, 0.6) is 11.5 Å². The maximum Gasteiger partial charge on any atom is 0.135 e. The standard InChI is InChI=1S/C25H19NO/c1-16-10-12-22(26-15-16)18-11-13-24-21(14-18)25-17(2)6-5-8-20(25)19-7-3-4-9-23(19)27-24/h3-15H,1-2H3. The first-order chi connectivity index (χ1) is 13.2. The number of ether oxygens (including phenoxy) is 1. The fourth-order valence-corrected chi connectivity index (χ4v) is 3.76. The van der Waals surface area contributed by atoms with Gasteiger partial charge in [0.2, 0.25) is 0 Å². The molecule has 0 radical (unpaired) electrons. The van der Waals surface area contributed by atoms with Crippen molar-refractivity contribution in [3.8, 4) is 45.0 Å². The van der Waals surface area contributed by atoms with Crippen LogP contribution in [0.15, 0.2) is 79.0 Å². The average molecular weight is 349 g/mol. The highest BCUT2D eigenvalue weighted by Gasteiger charge is 2.22. The Hall–Kier alpha value is -3.39. The Kier molecular flexibility index (Phi) is 3.58. The number of hydrogen-bond acceptors (Lipinski definition) is 2. The summed E-state index contributed by atoms with van der Waals surface area (Å²) in [5.41, 5.74) is 9.14. The summed E-state index contributed by atoms with van der Waals surface area (Å²) in [6.07, 6.45) is 1.91. The number of benzene rings is 3. The fraction of sp³-hybridized carbons (Fsp3) is 0.0800. The van der Waals surface area contributed by atoms with Crippen LogP contribution in [-0.4, -0.2) is 4.98 Å². The van der Waals surface area contributed by atoms with Crippen LogP contribution in [0.2, 0.25) is 0 Å². The third-order valence-corrected chi connectivity index (χ3v) is 5.13. The summed E-state index contributed by atoms with van der Waals surface area (Å²) in [7, 11) is 0. The lowest BCUT2D eigenvalue weighted by Gasteiger charge is -2.13. The minimum Gasteiger partial charge on any atom is -0.456 e. The molecule has 0 fully saturated rings. The number of aromatic nitrogens is 1. The second kappa shape index (κ2) is 6.10. The second-order valence-corrected chi connectivity index (χ2v) is 7.03. The number of fused-ring (bicyclic) bond motifs is 5. The molecule has 0 atom stereocenters. The molecule has 0 amide bonds. The predicted octanol–water partition coefficient (Wildman–Crippen LogP) is 6.81. The topological polar surface area (TPSA) is 22.1 Å². The molecule has 0 N–H and O–H groups in total. The third kappa shape index (κ3) is 2.61. The number of nitrogens with zero attached hydrogens (tertiary/aromatic N) is 1. The second-order valence-electron chi connectivity index (χ2n) is 7.03. The highest BCUT2D eigenvalue weighted by atomic mass is 16.5. The molecule has 0 saturated carbocycles. The molecule has 2 nitrogen and oxygen atoms in total. The van der Waals surface area contributed by atoms with Gasteiger partial charge in [-0.05, 0) is 66.4 Å². The zero-order chi connectivity index (χ0) is 18.4. The van der Waals surface area contributed by atoms with Gasteiger partial charge in [0, 0.05) is 22.9 Å². The predicted molar refractivity (Wildman–Crippen MR) is 110 cm³/mol. The summed E-state index contributed by atoms with van der Waals surface area (Å²) in [6.45, 7) is 4.21. The van der Waals surface area contributed by atoms with Gasteiger partial charge in [-0.2, -0.15) is 0 Å². The smallest absolute Gasteiger partial charge is 0.135 e. The quantitative estimate of drug-likeness (QED) is 0.332. The molecule has 27 heavy (non-hydrogen) atoms. The Morgan fingerprint density at radius 1 is 0.704 bits per heavy atom. The average Bonchev–Trinajstić information content (AvgIpc) is 2.83. The van der Waals surface area contributed by atoms with E-state index in [2.05, 4.69) is 79.5 Å². The molecule has 0 spiro atoms. The van der Waals surface area contributed by atoms with Gasteiger partial charge in [0.25, 0.3) is 0 Å². The van der Waals surface area contributed by atoms with Crippen molar-refractivity contribution < 1.29 is 4.74 Å². The van der Waals surface area contributed by atoms with Crippen molar-refractivity contribution in [3.63, 3.8) is 0 Å². The molecule has 2 heteroatoms. The van der Waals surface area contributed by atoms with Gasteiger partial charge < -0.3 is 4.74 Å². The van der Waals surface area contributed by atoms with Crippen molar-refractivity contribution >= 4 is 0 Å². The van der Waals surface area contributed by atoms with E-state index < -0.39 is 0 Å². The minimum atomic E-state index is 0.881. The molecular weight excluding hydrogens is 330 g/mol. The zero-order valence-corrected chi connectivity index (χ0v) is 15.4. The summed E-state index contributed by atoms with van der Waals surface area (Å²) in [6, 6.07) is 25.2. The molecule has 5 rings (SSSR count). The van der Waals surface area contributed by atoms with E-state index in [1.165, 1.54) is 16.7 Å². The van der Waals surface area contributed by atoms with Crippen LogP contribution in [0.1, 0.15) is 11.1 Å². The number of aryl methyl sites for hydroxylation is 2. The molecule has 1 aliphatic heterocycles. The first kappa shape index (κ1) is 15.8. The van der Waals surface area contributed by atoms with E-state index in [-0.39, 0.29) is 0 Å². The molecule has 0 bridgehead atoms. The lowest BCUT2D eigenvalue weighted by atomic mass is 9.90. The van der Waals surface area contributed by atoms with Crippen LogP contribution in [0.25, 0.3) is 33.5 Å². The van der Waals surface area contributed by atoms with Gasteiger partial charge in [0.1, 0.15) is 11.5 Å². The van der Waals surface area contributed by atoms with Crippen LogP contribution < -0.4 is 4.74 Å². The van der Waals surface area contributed by atoms with Crippen molar-refractivity contribution in [1.82, 2.24) is 4.98 Å². The van der Waals surface area contributed by atoms with E-state index >= 15 is 0 Å². The number of para-hydroxylation sites is 1. The first-order valence-electron chi connectivity index (χ1n) is 9.15. The van der Waals surface area contributed by atoms with Gasteiger partial charge >= 0.3 is 0 Å². The largest absolute Gasteiger partial charge is 0.456 e. The van der Waals surface area contributed by atoms with E-state index in [1.807, 2.05) is 18.3 Å². The Morgan fingerprint density at radius 2 is 1.52 bits per heavy atom. The van der Waals surface area contributed by atoms with Crippen LogP contribution in [0.3, 0.4) is 0 Å². The van der Waals surface area contributed by atoms with Crippen molar-refractivity contribution in [2.24, 2.45) is 0 Å². The van der Waals surface area contributed by atoms with Gasteiger partial charge in [-0.1, -0.05) is 42.5 Å². The molecule has 2 heterocycles. The van der Waals surface area contributed by atoms with Crippen molar-refractivity contribution in [2.75, 3.05) is 0 Å². The maximum absolute atomic E-state index is 6.33. The fourth-order valence-electron chi connectivity index (χ4n) is 3.76. The summed E-state index contributed by atoms with van der Waals surface area (Å²) < 4.78 is 6.33. The van der Waals surface area contributed by atoms with Crippen LogP contribution >= 0.6 is 0 Å². The first-order valence-corrected chi connectivity index (χ1v) is 9.15.